The number of aromatic nitrogens is 2. The number of pyridine rings is 1. The van der Waals surface area contributed by atoms with E-state index >= 15 is 0 Å². The van der Waals surface area contributed by atoms with Crippen molar-refractivity contribution in [1.82, 2.24) is 9.97 Å². The minimum atomic E-state index is -1.19. The number of thiazole rings is 1. The first-order valence-corrected chi connectivity index (χ1v) is 16.3. The molecule has 0 bridgehead atoms. The number of para-hydroxylation sites is 1. The van der Waals surface area contributed by atoms with E-state index in [0.29, 0.717) is 58.5 Å². The Hall–Kier alpha value is -5.27. The number of rotatable bonds is 7. The number of carboxylic acids is 1. The number of amides is 1. The summed E-state index contributed by atoms with van der Waals surface area (Å²) in [5.41, 5.74) is 4.31. The lowest BCUT2D eigenvalue weighted by Crippen LogP contribution is -2.33. The van der Waals surface area contributed by atoms with Gasteiger partial charge in [0.05, 0.1) is 16.3 Å². The SMILES string of the molecule is N#Cc1c(OC2CCCCC2)cccc1-c1ccc(N2CCc3cccc(C(=O)Nc4nc5ccccc5s4)c3C2)nc1C(=O)O. The number of nitrogens with one attached hydrogen (secondary N) is 1. The first-order valence-electron chi connectivity index (χ1n) is 15.5. The van der Waals surface area contributed by atoms with Crippen molar-refractivity contribution < 1.29 is 19.4 Å². The molecular weight excluding hydrogens is 598 g/mol. The second kappa shape index (κ2) is 12.6. The van der Waals surface area contributed by atoms with Gasteiger partial charge in [-0.05, 0) is 79.6 Å². The summed E-state index contributed by atoms with van der Waals surface area (Å²) in [6.07, 6.45) is 5.97. The molecule has 46 heavy (non-hydrogen) atoms. The van der Waals surface area contributed by atoms with Gasteiger partial charge < -0.3 is 14.7 Å². The molecule has 230 valence electrons. The monoisotopic (exact) mass is 629 g/mol. The summed E-state index contributed by atoms with van der Waals surface area (Å²) in [6, 6.07) is 24.5. The summed E-state index contributed by atoms with van der Waals surface area (Å²) < 4.78 is 7.23. The van der Waals surface area contributed by atoms with Gasteiger partial charge in [-0.2, -0.15) is 5.26 Å². The highest BCUT2D eigenvalue weighted by Crippen LogP contribution is 2.36. The van der Waals surface area contributed by atoms with E-state index in [9.17, 15) is 20.0 Å². The minimum absolute atomic E-state index is 0.0469. The van der Waals surface area contributed by atoms with Crippen molar-refractivity contribution in [3.05, 3.63) is 101 Å². The van der Waals surface area contributed by atoms with Gasteiger partial charge in [-0.1, -0.05) is 54.2 Å². The van der Waals surface area contributed by atoms with Gasteiger partial charge in [0.25, 0.3) is 5.91 Å². The number of fused-ring (bicyclic) bond motifs is 2. The van der Waals surface area contributed by atoms with Crippen LogP contribution < -0.4 is 15.0 Å². The smallest absolute Gasteiger partial charge is 0.355 e. The number of carboxylic acid groups (broad SMARTS) is 1. The number of hydrogen-bond acceptors (Lipinski definition) is 8. The fraction of sp³-hybridized carbons (Fsp3) is 0.250. The third kappa shape index (κ3) is 5.77. The van der Waals surface area contributed by atoms with Crippen molar-refractivity contribution >= 4 is 44.4 Å². The molecule has 2 aliphatic rings. The highest BCUT2D eigenvalue weighted by atomic mass is 32.1. The van der Waals surface area contributed by atoms with Crippen LogP contribution in [0.3, 0.4) is 0 Å². The Kier molecular flexibility index (Phi) is 8.07. The molecule has 1 saturated carbocycles. The zero-order valence-corrected chi connectivity index (χ0v) is 25.8. The number of anilines is 2. The van der Waals surface area contributed by atoms with Gasteiger partial charge in [0.2, 0.25) is 0 Å². The lowest BCUT2D eigenvalue weighted by atomic mass is 9.94. The predicted molar refractivity (Wildman–Crippen MR) is 178 cm³/mol. The van der Waals surface area contributed by atoms with Gasteiger partial charge in [-0.15, -0.1) is 0 Å². The van der Waals surface area contributed by atoms with E-state index in [1.165, 1.54) is 17.8 Å². The molecule has 0 radical (unpaired) electrons. The summed E-state index contributed by atoms with van der Waals surface area (Å²) in [7, 11) is 0. The molecule has 3 heterocycles. The van der Waals surface area contributed by atoms with Crippen LogP contribution in [0.1, 0.15) is 69.6 Å². The van der Waals surface area contributed by atoms with Crippen LogP contribution in [-0.4, -0.2) is 39.6 Å². The molecular formula is C36H31N5O4S. The highest BCUT2D eigenvalue weighted by molar-refractivity contribution is 7.22. The van der Waals surface area contributed by atoms with E-state index in [0.717, 1.165) is 47.0 Å². The van der Waals surface area contributed by atoms with E-state index in [1.807, 2.05) is 41.3 Å². The van der Waals surface area contributed by atoms with Crippen molar-refractivity contribution in [2.45, 2.75) is 51.2 Å². The van der Waals surface area contributed by atoms with Crippen LogP contribution in [0.25, 0.3) is 21.3 Å². The molecule has 1 amide bonds. The number of ether oxygens (including phenoxy) is 1. The van der Waals surface area contributed by atoms with Crippen LogP contribution in [-0.2, 0) is 13.0 Å². The van der Waals surface area contributed by atoms with Gasteiger partial charge in [0, 0.05) is 29.8 Å². The number of nitriles is 1. The number of carbonyl (C=O) groups excluding carboxylic acids is 1. The van der Waals surface area contributed by atoms with Crippen molar-refractivity contribution in [3.63, 3.8) is 0 Å². The second-order valence-electron chi connectivity index (χ2n) is 11.6. The van der Waals surface area contributed by atoms with E-state index in [1.54, 1.807) is 36.4 Å². The molecule has 10 heteroatoms. The predicted octanol–water partition coefficient (Wildman–Crippen LogP) is 7.45. The van der Waals surface area contributed by atoms with Gasteiger partial charge >= 0.3 is 5.97 Å². The molecule has 7 rings (SSSR count). The standard InChI is InChI=1S/C36H31N5O4S/c37-20-27-24(11-7-14-30(27)45-23-9-2-1-3-10-23)25-16-17-32(39-33(25)35(43)44)41-19-18-22-8-6-12-26(28(22)21-41)34(42)40-36-38-29-13-4-5-15-31(29)46-36/h4-8,11-17,23H,1-3,9-10,18-19,21H2,(H,43,44)(H,38,40,42). The van der Waals surface area contributed by atoms with Crippen molar-refractivity contribution in [1.29, 1.82) is 5.26 Å². The molecule has 1 aliphatic heterocycles. The fourth-order valence-electron chi connectivity index (χ4n) is 6.42. The Labute approximate surface area is 270 Å². The van der Waals surface area contributed by atoms with Gasteiger partial charge in [-0.3, -0.25) is 10.1 Å². The Morgan fingerprint density at radius 1 is 0.957 bits per heavy atom. The maximum atomic E-state index is 13.5. The molecule has 2 aromatic heterocycles. The fourth-order valence-corrected chi connectivity index (χ4v) is 7.28. The molecule has 0 saturated heterocycles. The summed E-state index contributed by atoms with van der Waals surface area (Å²) in [6.45, 7) is 0.994. The van der Waals surface area contributed by atoms with Gasteiger partial charge in [-0.25, -0.2) is 14.8 Å². The van der Waals surface area contributed by atoms with Crippen LogP contribution in [0.15, 0.2) is 72.8 Å². The minimum Gasteiger partial charge on any atom is -0.489 e. The zero-order valence-electron chi connectivity index (χ0n) is 25.0. The van der Waals surface area contributed by atoms with Crippen molar-refractivity contribution in [3.8, 4) is 22.9 Å². The van der Waals surface area contributed by atoms with Gasteiger partial charge in [0.15, 0.2) is 10.8 Å². The Balaban J connectivity index is 1.17. The highest BCUT2D eigenvalue weighted by Gasteiger charge is 2.26. The lowest BCUT2D eigenvalue weighted by Gasteiger charge is -2.31. The topological polar surface area (TPSA) is 128 Å². The number of nitrogens with zero attached hydrogens (tertiary/aromatic N) is 4. The Morgan fingerprint density at radius 3 is 2.59 bits per heavy atom. The largest absolute Gasteiger partial charge is 0.489 e. The van der Waals surface area contributed by atoms with E-state index < -0.39 is 5.97 Å². The van der Waals surface area contributed by atoms with Crippen LogP contribution >= 0.6 is 11.3 Å². The van der Waals surface area contributed by atoms with E-state index in [-0.39, 0.29) is 17.7 Å². The summed E-state index contributed by atoms with van der Waals surface area (Å²) in [5.74, 6) is -0.475. The van der Waals surface area contributed by atoms with Crippen LogP contribution in [0.4, 0.5) is 10.9 Å². The normalized spacial score (nSPS) is 14.8. The maximum Gasteiger partial charge on any atom is 0.355 e. The molecule has 1 aliphatic carbocycles. The average Bonchev–Trinajstić information content (AvgIpc) is 3.50. The maximum absolute atomic E-state index is 13.5. The molecule has 0 spiro atoms. The molecule has 9 nitrogen and oxygen atoms in total. The Morgan fingerprint density at radius 2 is 1.78 bits per heavy atom. The molecule has 2 N–H and O–H groups in total. The third-order valence-corrected chi connectivity index (χ3v) is 9.67. The number of benzene rings is 3. The van der Waals surface area contributed by atoms with Crippen LogP contribution in [0.2, 0.25) is 0 Å². The average molecular weight is 630 g/mol. The van der Waals surface area contributed by atoms with Crippen LogP contribution in [0.5, 0.6) is 5.75 Å². The zero-order chi connectivity index (χ0) is 31.6. The van der Waals surface area contributed by atoms with Crippen LogP contribution in [0, 0.1) is 11.3 Å². The van der Waals surface area contributed by atoms with Gasteiger partial charge in [0.1, 0.15) is 23.2 Å². The summed E-state index contributed by atoms with van der Waals surface area (Å²) in [5, 5.41) is 23.9. The molecule has 5 aromatic rings. The molecule has 1 fully saturated rings. The number of carbonyl (C=O) groups is 2. The quantitative estimate of drug-likeness (QED) is 0.190. The first-order chi connectivity index (χ1) is 22.5. The van der Waals surface area contributed by atoms with E-state index in [2.05, 4.69) is 21.4 Å². The van der Waals surface area contributed by atoms with E-state index in [4.69, 9.17) is 4.74 Å². The number of hydrogen-bond donors (Lipinski definition) is 2. The summed E-state index contributed by atoms with van der Waals surface area (Å²) in [4.78, 5) is 37.2. The second-order valence-corrected chi connectivity index (χ2v) is 12.6. The van der Waals surface area contributed by atoms with Crippen molar-refractivity contribution in [2.75, 3.05) is 16.8 Å². The molecule has 0 atom stereocenters. The number of aromatic carboxylic acids is 1. The molecule has 0 unspecified atom stereocenters. The third-order valence-electron chi connectivity index (χ3n) is 8.71. The lowest BCUT2D eigenvalue weighted by molar-refractivity contribution is 0.0691. The summed E-state index contributed by atoms with van der Waals surface area (Å²) >= 11 is 1.42. The molecule has 3 aromatic carbocycles. The first kappa shape index (κ1) is 29.4. The Bertz CT molecular complexity index is 1980. The van der Waals surface area contributed by atoms with Crippen molar-refractivity contribution in [2.24, 2.45) is 0 Å².